The average Bonchev–Trinajstić information content (AvgIpc) is 1.83. The lowest BCUT2D eigenvalue weighted by atomic mass is 10.3. The molecule has 0 fully saturated rings. The summed E-state index contributed by atoms with van der Waals surface area (Å²) in [5.74, 6) is 0. The van der Waals surface area contributed by atoms with E-state index >= 15 is 0 Å². The molecule has 0 amide bonds. The number of hydrogen-bond acceptors (Lipinski definition) is 1. The summed E-state index contributed by atoms with van der Waals surface area (Å²) < 4.78 is 0. The molecule has 0 unspecified atom stereocenters. The van der Waals surface area contributed by atoms with Gasteiger partial charge in [0.05, 0.1) is 0 Å². The van der Waals surface area contributed by atoms with Crippen LogP contribution < -0.4 is 5.73 Å². The van der Waals surface area contributed by atoms with Crippen LogP contribution in [0.2, 0.25) is 0 Å². The van der Waals surface area contributed by atoms with E-state index in [2.05, 4.69) is 0 Å². The number of nitrogens with two attached hydrogens (primary N) is 1. The third-order valence-corrected chi connectivity index (χ3v) is 0.911. The summed E-state index contributed by atoms with van der Waals surface area (Å²) in [5, 5.41) is 0. The van der Waals surface area contributed by atoms with Gasteiger partial charge in [-0.2, -0.15) is 0 Å². The first-order chi connectivity index (χ1) is 3.81. The van der Waals surface area contributed by atoms with E-state index in [1.807, 2.05) is 32.1 Å². The van der Waals surface area contributed by atoms with Gasteiger partial charge < -0.3 is 5.73 Å². The van der Waals surface area contributed by atoms with Crippen LogP contribution in [0.1, 0.15) is 20.3 Å². The molecule has 0 aliphatic rings. The van der Waals surface area contributed by atoms with Crippen molar-refractivity contribution in [2.45, 2.75) is 20.3 Å². The van der Waals surface area contributed by atoms with Gasteiger partial charge in [0, 0.05) is 5.70 Å². The maximum Gasteiger partial charge on any atom is 0.00775 e. The van der Waals surface area contributed by atoms with Crippen LogP contribution in [0.4, 0.5) is 0 Å². The van der Waals surface area contributed by atoms with E-state index in [0.717, 1.165) is 12.1 Å². The molecule has 0 aromatic rings. The van der Waals surface area contributed by atoms with Gasteiger partial charge in [-0.05, 0) is 19.4 Å². The molecule has 1 heteroatoms. The predicted octanol–water partition coefficient (Wildman–Crippen LogP) is 1.82. The standard InChI is InChI=1S/C7H13N/c1-3-5-6-7(8)4-2/h3,5-6H,4,8H2,1-2H3/b5-3-,7-6+. The summed E-state index contributed by atoms with van der Waals surface area (Å²) in [6.07, 6.45) is 6.76. The van der Waals surface area contributed by atoms with Gasteiger partial charge >= 0.3 is 0 Å². The number of hydrogen-bond donors (Lipinski definition) is 1. The van der Waals surface area contributed by atoms with E-state index < -0.39 is 0 Å². The molecular weight excluding hydrogens is 98.1 g/mol. The predicted molar refractivity (Wildman–Crippen MR) is 37.4 cm³/mol. The van der Waals surface area contributed by atoms with Crippen molar-refractivity contribution in [2.24, 2.45) is 5.73 Å². The second-order valence-corrected chi connectivity index (χ2v) is 1.62. The zero-order chi connectivity index (χ0) is 6.41. The minimum absolute atomic E-state index is 0.933. The molecule has 8 heavy (non-hydrogen) atoms. The average molecular weight is 111 g/mol. The first kappa shape index (κ1) is 7.28. The Bertz CT molecular complexity index is 101. The van der Waals surface area contributed by atoms with E-state index in [0.29, 0.717) is 0 Å². The van der Waals surface area contributed by atoms with Gasteiger partial charge in [0.1, 0.15) is 0 Å². The molecular formula is C7H13N. The Balaban J connectivity index is 3.57. The van der Waals surface area contributed by atoms with Crippen molar-refractivity contribution >= 4 is 0 Å². The molecule has 0 aromatic carbocycles. The quantitative estimate of drug-likeness (QED) is 0.540. The maximum absolute atomic E-state index is 5.47. The molecule has 0 aliphatic carbocycles. The van der Waals surface area contributed by atoms with Crippen LogP contribution in [0.3, 0.4) is 0 Å². The Morgan fingerprint density at radius 1 is 1.62 bits per heavy atom. The highest BCUT2D eigenvalue weighted by atomic mass is 14.6. The van der Waals surface area contributed by atoms with E-state index in [1.165, 1.54) is 0 Å². The van der Waals surface area contributed by atoms with Crippen LogP contribution in [0.15, 0.2) is 23.9 Å². The fourth-order valence-corrected chi connectivity index (χ4v) is 0.338. The molecule has 46 valence electrons. The summed E-state index contributed by atoms with van der Waals surface area (Å²) >= 11 is 0. The summed E-state index contributed by atoms with van der Waals surface area (Å²) in [4.78, 5) is 0. The highest BCUT2D eigenvalue weighted by Crippen LogP contribution is 1.89. The number of rotatable bonds is 2. The zero-order valence-electron chi connectivity index (χ0n) is 5.52. The molecule has 0 saturated heterocycles. The fourth-order valence-electron chi connectivity index (χ4n) is 0.338. The van der Waals surface area contributed by atoms with Gasteiger partial charge in [-0.15, -0.1) is 0 Å². The van der Waals surface area contributed by atoms with Crippen molar-refractivity contribution in [3.63, 3.8) is 0 Å². The maximum atomic E-state index is 5.47. The first-order valence-corrected chi connectivity index (χ1v) is 2.88. The van der Waals surface area contributed by atoms with Crippen LogP contribution >= 0.6 is 0 Å². The van der Waals surface area contributed by atoms with Crippen molar-refractivity contribution in [2.75, 3.05) is 0 Å². The monoisotopic (exact) mass is 111 g/mol. The van der Waals surface area contributed by atoms with E-state index in [9.17, 15) is 0 Å². The smallest absolute Gasteiger partial charge is 0.00775 e. The van der Waals surface area contributed by atoms with Gasteiger partial charge in [-0.25, -0.2) is 0 Å². The first-order valence-electron chi connectivity index (χ1n) is 2.88. The Labute approximate surface area is 50.9 Å². The van der Waals surface area contributed by atoms with E-state index in [-0.39, 0.29) is 0 Å². The molecule has 0 atom stereocenters. The Kier molecular flexibility index (Phi) is 4.04. The Morgan fingerprint density at radius 2 is 2.25 bits per heavy atom. The molecule has 0 heterocycles. The molecule has 0 radical (unpaired) electrons. The van der Waals surface area contributed by atoms with Crippen molar-refractivity contribution in [3.8, 4) is 0 Å². The van der Waals surface area contributed by atoms with Gasteiger partial charge in [-0.1, -0.05) is 19.1 Å². The minimum atomic E-state index is 0.933. The van der Waals surface area contributed by atoms with Crippen molar-refractivity contribution in [1.29, 1.82) is 0 Å². The van der Waals surface area contributed by atoms with Crippen molar-refractivity contribution in [1.82, 2.24) is 0 Å². The molecule has 2 N–H and O–H groups in total. The number of allylic oxidation sites excluding steroid dienone is 4. The molecule has 0 aliphatic heterocycles. The largest absolute Gasteiger partial charge is 0.402 e. The highest BCUT2D eigenvalue weighted by Gasteiger charge is 1.76. The lowest BCUT2D eigenvalue weighted by molar-refractivity contribution is 1.07. The van der Waals surface area contributed by atoms with Crippen LogP contribution in [0.5, 0.6) is 0 Å². The normalized spacial score (nSPS) is 13.0. The van der Waals surface area contributed by atoms with Gasteiger partial charge in [-0.3, -0.25) is 0 Å². The molecule has 0 aromatic heterocycles. The highest BCUT2D eigenvalue weighted by molar-refractivity contribution is 5.07. The second kappa shape index (κ2) is 4.44. The Morgan fingerprint density at radius 3 is 2.62 bits per heavy atom. The van der Waals surface area contributed by atoms with Crippen molar-refractivity contribution < 1.29 is 0 Å². The molecule has 0 spiro atoms. The summed E-state index contributed by atoms with van der Waals surface area (Å²) in [5.41, 5.74) is 6.40. The van der Waals surface area contributed by atoms with Gasteiger partial charge in [0.15, 0.2) is 0 Å². The van der Waals surface area contributed by atoms with E-state index in [4.69, 9.17) is 5.73 Å². The van der Waals surface area contributed by atoms with Crippen molar-refractivity contribution in [3.05, 3.63) is 23.9 Å². The van der Waals surface area contributed by atoms with Crippen LogP contribution in [0, 0.1) is 0 Å². The topological polar surface area (TPSA) is 26.0 Å². The lowest BCUT2D eigenvalue weighted by Gasteiger charge is -1.88. The molecule has 0 saturated carbocycles. The lowest BCUT2D eigenvalue weighted by Crippen LogP contribution is -1.92. The van der Waals surface area contributed by atoms with Gasteiger partial charge in [0.2, 0.25) is 0 Å². The van der Waals surface area contributed by atoms with E-state index in [1.54, 1.807) is 0 Å². The second-order valence-electron chi connectivity index (χ2n) is 1.62. The SMILES string of the molecule is C/C=C\C=C(\N)CC. The van der Waals surface area contributed by atoms with Gasteiger partial charge in [0.25, 0.3) is 0 Å². The van der Waals surface area contributed by atoms with Crippen LogP contribution in [0.25, 0.3) is 0 Å². The minimum Gasteiger partial charge on any atom is -0.402 e. The third-order valence-electron chi connectivity index (χ3n) is 0.911. The summed E-state index contributed by atoms with van der Waals surface area (Å²) in [6, 6.07) is 0. The fraction of sp³-hybridized carbons (Fsp3) is 0.429. The molecule has 0 rings (SSSR count). The molecule has 0 bridgehead atoms. The molecule has 1 nitrogen and oxygen atoms in total. The zero-order valence-corrected chi connectivity index (χ0v) is 5.52. The summed E-state index contributed by atoms with van der Waals surface area (Å²) in [7, 11) is 0. The Hall–Kier alpha value is -0.720. The third kappa shape index (κ3) is 3.47. The van der Waals surface area contributed by atoms with Crippen LogP contribution in [-0.2, 0) is 0 Å². The summed E-state index contributed by atoms with van der Waals surface area (Å²) in [6.45, 7) is 4.01. The van der Waals surface area contributed by atoms with Crippen LogP contribution in [-0.4, -0.2) is 0 Å².